The summed E-state index contributed by atoms with van der Waals surface area (Å²) in [6.07, 6.45) is 0.765. The summed E-state index contributed by atoms with van der Waals surface area (Å²) in [5.41, 5.74) is 6.49. The van der Waals surface area contributed by atoms with Gasteiger partial charge < -0.3 is 30.7 Å². The summed E-state index contributed by atoms with van der Waals surface area (Å²) in [5, 5.41) is 5.50. The van der Waals surface area contributed by atoms with Gasteiger partial charge in [0.25, 0.3) is 11.8 Å². The van der Waals surface area contributed by atoms with Crippen LogP contribution in [0.2, 0.25) is 0 Å². The second kappa shape index (κ2) is 14.1. The molecule has 1 saturated heterocycles. The predicted molar refractivity (Wildman–Crippen MR) is 153 cm³/mol. The number of fused-ring (bicyclic) bond motifs is 4. The summed E-state index contributed by atoms with van der Waals surface area (Å²) in [6, 6.07) is 12.9. The lowest BCUT2D eigenvalue weighted by molar-refractivity contribution is -0.143. The van der Waals surface area contributed by atoms with Gasteiger partial charge in [-0.1, -0.05) is 55.8 Å². The molecule has 1 fully saturated rings. The molecule has 2 heterocycles. The Morgan fingerprint density at radius 2 is 1.88 bits per heavy atom. The van der Waals surface area contributed by atoms with Crippen LogP contribution in [0.15, 0.2) is 54.6 Å². The number of hydrogen-bond donors (Lipinski definition) is 3. The molecule has 0 saturated carbocycles. The molecule has 224 valence electrons. The van der Waals surface area contributed by atoms with Crippen LogP contribution >= 0.6 is 0 Å². The first-order valence-electron chi connectivity index (χ1n) is 14.3. The number of rotatable bonds is 7. The highest BCUT2D eigenvalue weighted by Gasteiger charge is 2.44. The number of nitrogens with zero attached hydrogens (tertiary/aromatic N) is 1. The smallest absolute Gasteiger partial charge is 0.287 e. The average Bonchev–Trinajstić information content (AvgIpc) is 3.39. The number of primary amides is 1. The lowest BCUT2D eigenvalue weighted by Crippen LogP contribution is -2.54. The number of carbonyl (C=O) groups is 5. The number of hydrogen-bond acceptors (Lipinski definition) is 7. The summed E-state index contributed by atoms with van der Waals surface area (Å²) in [4.78, 5) is 66.4. The van der Waals surface area contributed by atoms with Crippen molar-refractivity contribution in [1.82, 2.24) is 15.5 Å². The van der Waals surface area contributed by atoms with Crippen LogP contribution in [0.4, 0.5) is 0 Å². The van der Waals surface area contributed by atoms with Crippen molar-refractivity contribution in [3.05, 3.63) is 65.7 Å². The first-order valence-corrected chi connectivity index (χ1v) is 14.3. The first-order chi connectivity index (χ1) is 20.2. The van der Waals surface area contributed by atoms with Gasteiger partial charge in [0.1, 0.15) is 17.8 Å². The fraction of sp³-hybridized carbons (Fsp3) is 0.452. The molecule has 0 aromatic heterocycles. The number of ether oxygens (including phenoxy) is 2. The summed E-state index contributed by atoms with van der Waals surface area (Å²) in [6.45, 7) is 4.19. The zero-order valence-electron chi connectivity index (χ0n) is 23.9. The molecule has 11 heteroatoms. The highest BCUT2D eigenvalue weighted by molar-refractivity contribution is 6.37. The number of carbonyl (C=O) groups excluding carboxylic acids is 5. The van der Waals surface area contributed by atoms with Crippen LogP contribution in [0.5, 0.6) is 5.75 Å². The Hall–Kier alpha value is -4.25. The van der Waals surface area contributed by atoms with E-state index in [1.165, 1.54) is 4.90 Å². The molecule has 0 spiro atoms. The van der Waals surface area contributed by atoms with Gasteiger partial charge in [0, 0.05) is 19.4 Å². The van der Waals surface area contributed by atoms with Crippen LogP contribution in [-0.4, -0.2) is 71.8 Å². The van der Waals surface area contributed by atoms with Crippen LogP contribution in [0.25, 0.3) is 0 Å². The molecular weight excluding hydrogens is 540 g/mol. The summed E-state index contributed by atoms with van der Waals surface area (Å²) in [5.74, 6) is -2.85. The SMILES string of the molecule is CCCC(NC(=O)[C@@H]1CC2CN1C(=O)[C@H](c1ccccc1)NC(=O)Cc1cccc(c1)OCC[C@@H](C)O2)C(=O)C(N)=O. The highest BCUT2D eigenvalue weighted by atomic mass is 16.5. The Labute approximate surface area is 245 Å². The third-order valence-electron chi connectivity index (χ3n) is 7.47. The van der Waals surface area contributed by atoms with E-state index in [0.717, 1.165) is 5.56 Å². The van der Waals surface area contributed by atoms with Crippen molar-refractivity contribution in [3.63, 3.8) is 0 Å². The topological polar surface area (TPSA) is 157 Å². The van der Waals surface area contributed by atoms with Gasteiger partial charge in [0.2, 0.25) is 17.6 Å². The van der Waals surface area contributed by atoms with Gasteiger partial charge in [-0.3, -0.25) is 24.0 Å². The fourth-order valence-corrected chi connectivity index (χ4v) is 5.37. The number of ketones is 1. The van der Waals surface area contributed by atoms with Crippen molar-refractivity contribution in [1.29, 1.82) is 0 Å². The molecule has 2 unspecified atom stereocenters. The Bertz CT molecular complexity index is 1300. The average molecular weight is 579 g/mol. The Morgan fingerprint density at radius 3 is 2.60 bits per heavy atom. The predicted octanol–water partition coefficient (Wildman–Crippen LogP) is 1.58. The third-order valence-corrected chi connectivity index (χ3v) is 7.47. The number of nitrogens with two attached hydrogens (primary N) is 1. The Balaban J connectivity index is 1.67. The summed E-state index contributed by atoms with van der Waals surface area (Å²) in [7, 11) is 0. The molecule has 42 heavy (non-hydrogen) atoms. The van der Waals surface area contributed by atoms with Crippen LogP contribution < -0.4 is 21.1 Å². The monoisotopic (exact) mass is 578 g/mol. The molecule has 0 radical (unpaired) electrons. The van der Waals surface area contributed by atoms with Gasteiger partial charge in [-0.05, 0) is 36.6 Å². The van der Waals surface area contributed by atoms with Crippen molar-refractivity contribution < 1.29 is 33.4 Å². The standard InChI is InChI=1S/C31H38N4O7/c1-3-8-24(28(37)29(32)38)33-30(39)25-17-23-18-35(25)31(40)27(21-10-5-4-6-11-21)34-26(36)16-20-9-7-12-22(15-20)41-14-13-19(2)42-23/h4-7,9-12,15,19,23-25,27H,3,8,13-14,16-18H2,1-2H3,(H2,32,38)(H,33,39)(H,34,36)/t19-,23?,24?,25+,27+/m1/s1. The van der Waals surface area contributed by atoms with Gasteiger partial charge in [0.15, 0.2) is 0 Å². The number of nitrogens with one attached hydrogen (secondary N) is 2. The van der Waals surface area contributed by atoms with Gasteiger partial charge >= 0.3 is 0 Å². The van der Waals surface area contributed by atoms with Gasteiger partial charge in [-0.2, -0.15) is 0 Å². The van der Waals surface area contributed by atoms with Crippen molar-refractivity contribution >= 4 is 29.4 Å². The molecule has 2 aromatic carbocycles. The van der Waals surface area contributed by atoms with Gasteiger partial charge in [-0.15, -0.1) is 0 Å². The lowest BCUT2D eigenvalue weighted by atomic mass is 10.0. The Kier molecular flexibility index (Phi) is 10.3. The van der Waals surface area contributed by atoms with Crippen LogP contribution in [0, 0.1) is 0 Å². The van der Waals surface area contributed by atoms with Crippen molar-refractivity contribution in [2.24, 2.45) is 5.73 Å². The molecule has 11 nitrogen and oxygen atoms in total. The molecule has 4 amide bonds. The molecule has 5 atom stereocenters. The molecule has 0 aliphatic carbocycles. The van der Waals surface area contributed by atoms with E-state index >= 15 is 0 Å². The van der Waals surface area contributed by atoms with E-state index in [0.29, 0.717) is 30.8 Å². The second-order valence-corrected chi connectivity index (χ2v) is 10.8. The molecular formula is C31H38N4O7. The number of benzene rings is 2. The minimum atomic E-state index is -1.14. The minimum absolute atomic E-state index is 0.0216. The third kappa shape index (κ3) is 7.73. The van der Waals surface area contributed by atoms with E-state index in [1.54, 1.807) is 36.4 Å². The van der Waals surface area contributed by atoms with Crippen LogP contribution in [0.1, 0.15) is 56.7 Å². The number of amides is 4. The zero-order chi connectivity index (χ0) is 30.2. The maximum absolute atomic E-state index is 14.2. The van der Waals surface area contributed by atoms with E-state index in [1.807, 2.05) is 32.0 Å². The quantitative estimate of drug-likeness (QED) is 0.421. The summed E-state index contributed by atoms with van der Waals surface area (Å²) < 4.78 is 12.1. The van der Waals surface area contributed by atoms with E-state index < -0.39 is 47.7 Å². The fourth-order valence-electron chi connectivity index (χ4n) is 5.37. The van der Waals surface area contributed by atoms with Crippen molar-refractivity contribution in [2.45, 2.75) is 76.3 Å². The van der Waals surface area contributed by atoms with E-state index in [2.05, 4.69) is 10.6 Å². The van der Waals surface area contributed by atoms with Crippen molar-refractivity contribution in [2.75, 3.05) is 13.2 Å². The van der Waals surface area contributed by atoms with Crippen LogP contribution in [-0.2, 0) is 35.1 Å². The number of Topliss-reactive ketones (excluding diaryl/α,β-unsaturated/α-hetero) is 1. The molecule has 4 rings (SSSR count). The minimum Gasteiger partial charge on any atom is -0.493 e. The maximum Gasteiger partial charge on any atom is 0.287 e. The molecule has 4 N–H and O–H groups in total. The van der Waals surface area contributed by atoms with Crippen LogP contribution in [0.3, 0.4) is 0 Å². The first kappa shape index (κ1) is 30.7. The van der Waals surface area contributed by atoms with Gasteiger partial charge in [-0.25, -0.2) is 0 Å². The normalized spacial score (nSPS) is 23.8. The highest BCUT2D eigenvalue weighted by Crippen LogP contribution is 2.28. The van der Waals surface area contributed by atoms with Crippen molar-refractivity contribution in [3.8, 4) is 5.75 Å². The van der Waals surface area contributed by atoms with E-state index in [-0.39, 0.29) is 37.8 Å². The molecule has 2 aromatic rings. The molecule has 2 aliphatic heterocycles. The largest absolute Gasteiger partial charge is 0.493 e. The zero-order valence-corrected chi connectivity index (χ0v) is 23.9. The maximum atomic E-state index is 14.2. The lowest BCUT2D eigenvalue weighted by Gasteiger charge is -2.30. The van der Waals surface area contributed by atoms with Gasteiger partial charge in [0.05, 0.1) is 31.3 Å². The molecule has 4 bridgehead atoms. The van der Waals surface area contributed by atoms with E-state index in [4.69, 9.17) is 15.2 Å². The molecule has 2 aliphatic rings. The Morgan fingerprint density at radius 1 is 1.12 bits per heavy atom. The van der Waals surface area contributed by atoms with E-state index in [9.17, 15) is 24.0 Å². The second-order valence-electron chi connectivity index (χ2n) is 10.8. The summed E-state index contributed by atoms with van der Waals surface area (Å²) >= 11 is 0.